The first-order chi connectivity index (χ1) is 9.96. The normalized spacial score (nSPS) is 11.0. The van der Waals surface area contributed by atoms with Gasteiger partial charge in [0.05, 0.1) is 12.8 Å². The highest BCUT2D eigenvalue weighted by Gasteiger charge is 2.21. The SMILES string of the molecule is COc1cc(C)nc(NS(=O)(=O)c2ncccc2NN)n1. The van der Waals surface area contributed by atoms with Crippen molar-refractivity contribution in [2.45, 2.75) is 11.9 Å². The van der Waals surface area contributed by atoms with Crippen LogP contribution in [0.25, 0.3) is 0 Å². The van der Waals surface area contributed by atoms with E-state index < -0.39 is 10.0 Å². The van der Waals surface area contributed by atoms with Crippen molar-refractivity contribution >= 4 is 21.7 Å². The van der Waals surface area contributed by atoms with Gasteiger partial charge in [-0.05, 0) is 19.1 Å². The lowest BCUT2D eigenvalue weighted by Crippen LogP contribution is -2.20. The molecule has 0 bridgehead atoms. The summed E-state index contributed by atoms with van der Waals surface area (Å²) < 4.78 is 31.8. The molecule has 0 fully saturated rings. The maximum atomic E-state index is 12.3. The van der Waals surface area contributed by atoms with Gasteiger partial charge in [-0.3, -0.25) is 5.84 Å². The van der Waals surface area contributed by atoms with Crippen LogP contribution < -0.4 is 20.7 Å². The number of rotatable bonds is 5. The van der Waals surface area contributed by atoms with Gasteiger partial charge in [-0.2, -0.15) is 13.4 Å². The maximum absolute atomic E-state index is 12.3. The van der Waals surface area contributed by atoms with E-state index in [1.807, 2.05) is 0 Å². The second kappa shape index (κ2) is 5.89. The number of nitrogen functional groups attached to an aromatic ring is 1. The Balaban J connectivity index is 2.40. The van der Waals surface area contributed by atoms with E-state index in [1.165, 1.54) is 19.4 Å². The molecule has 10 heteroatoms. The van der Waals surface area contributed by atoms with Crippen LogP contribution in [0, 0.1) is 6.92 Å². The standard InChI is InChI=1S/C11H14N6O3S/c1-7-6-9(20-2)15-11(14-7)17-21(18,19)10-8(16-12)4-3-5-13-10/h3-6,16H,12H2,1-2H3,(H,14,15,17). The quantitative estimate of drug-likeness (QED) is 0.529. The molecule has 0 amide bonds. The molecular weight excluding hydrogens is 296 g/mol. The molecule has 2 heterocycles. The number of nitrogens with zero attached hydrogens (tertiary/aromatic N) is 3. The Morgan fingerprint density at radius 2 is 2.10 bits per heavy atom. The molecular formula is C11H14N6O3S. The number of hydrazine groups is 1. The van der Waals surface area contributed by atoms with Gasteiger partial charge in [0.1, 0.15) is 0 Å². The summed E-state index contributed by atoms with van der Waals surface area (Å²) in [6.07, 6.45) is 1.34. The predicted molar refractivity (Wildman–Crippen MR) is 76.2 cm³/mol. The van der Waals surface area contributed by atoms with Crippen molar-refractivity contribution in [3.05, 3.63) is 30.1 Å². The summed E-state index contributed by atoms with van der Waals surface area (Å²) in [4.78, 5) is 11.7. The molecule has 2 rings (SSSR count). The summed E-state index contributed by atoms with van der Waals surface area (Å²) in [5.41, 5.74) is 2.98. The number of sulfonamides is 1. The summed E-state index contributed by atoms with van der Waals surface area (Å²) in [5.74, 6) is 5.41. The second-order valence-corrected chi connectivity index (χ2v) is 5.58. The molecule has 2 aromatic rings. The Hall–Kier alpha value is -2.46. The van der Waals surface area contributed by atoms with Gasteiger partial charge in [0.2, 0.25) is 16.9 Å². The van der Waals surface area contributed by atoms with Gasteiger partial charge in [0, 0.05) is 18.0 Å². The van der Waals surface area contributed by atoms with E-state index in [9.17, 15) is 8.42 Å². The number of methoxy groups -OCH3 is 1. The highest BCUT2D eigenvalue weighted by atomic mass is 32.2. The fraction of sp³-hybridized carbons (Fsp3) is 0.182. The molecule has 0 spiro atoms. The van der Waals surface area contributed by atoms with Gasteiger partial charge in [-0.1, -0.05) is 0 Å². The van der Waals surface area contributed by atoms with E-state index in [1.54, 1.807) is 19.1 Å². The number of anilines is 2. The van der Waals surface area contributed by atoms with Crippen molar-refractivity contribution in [2.75, 3.05) is 17.3 Å². The predicted octanol–water partition coefficient (Wildman–Crippen LogP) is 0.275. The van der Waals surface area contributed by atoms with Crippen LogP contribution in [-0.4, -0.2) is 30.5 Å². The molecule has 21 heavy (non-hydrogen) atoms. The molecule has 9 nitrogen and oxygen atoms in total. The van der Waals surface area contributed by atoms with Crippen LogP contribution in [0.1, 0.15) is 5.69 Å². The van der Waals surface area contributed by atoms with Crippen molar-refractivity contribution in [1.82, 2.24) is 15.0 Å². The molecule has 4 N–H and O–H groups in total. The van der Waals surface area contributed by atoms with Gasteiger partial charge in [0.25, 0.3) is 10.0 Å². The topological polar surface area (TPSA) is 132 Å². The lowest BCUT2D eigenvalue weighted by Gasteiger charge is -2.10. The average Bonchev–Trinajstić information content (AvgIpc) is 2.46. The molecule has 0 aliphatic rings. The largest absolute Gasteiger partial charge is 0.481 e. The number of ether oxygens (including phenoxy) is 1. The number of nitrogens with two attached hydrogens (primary N) is 1. The monoisotopic (exact) mass is 310 g/mol. The van der Waals surface area contributed by atoms with Crippen LogP contribution in [0.15, 0.2) is 29.4 Å². The average molecular weight is 310 g/mol. The van der Waals surface area contributed by atoms with Crippen molar-refractivity contribution < 1.29 is 13.2 Å². The number of hydrogen-bond donors (Lipinski definition) is 3. The van der Waals surface area contributed by atoms with Crippen molar-refractivity contribution in [1.29, 1.82) is 0 Å². The Morgan fingerprint density at radius 3 is 2.76 bits per heavy atom. The zero-order valence-corrected chi connectivity index (χ0v) is 12.2. The van der Waals surface area contributed by atoms with E-state index in [0.29, 0.717) is 5.69 Å². The molecule has 0 saturated carbocycles. The molecule has 0 aliphatic heterocycles. The van der Waals surface area contributed by atoms with Crippen LogP contribution >= 0.6 is 0 Å². The number of pyridine rings is 1. The second-order valence-electron chi connectivity index (χ2n) is 3.98. The lowest BCUT2D eigenvalue weighted by molar-refractivity contribution is 0.397. The number of aromatic nitrogens is 3. The Kier molecular flexibility index (Phi) is 4.19. The molecule has 112 valence electrons. The summed E-state index contributed by atoms with van der Waals surface area (Å²) in [6, 6.07) is 4.62. The molecule has 0 radical (unpaired) electrons. The number of hydrogen-bond acceptors (Lipinski definition) is 8. The molecule has 0 aromatic carbocycles. The van der Waals surface area contributed by atoms with Gasteiger partial charge in [-0.15, -0.1) is 0 Å². The fourth-order valence-electron chi connectivity index (χ4n) is 1.57. The van der Waals surface area contributed by atoms with E-state index in [2.05, 4.69) is 25.1 Å². The zero-order chi connectivity index (χ0) is 15.5. The van der Waals surface area contributed by atoms with Crippen LogP contribution in [0.2, 0.25) is 0 Å². The highest BCUT2D eigenvalue weighted by molar-refractivity contribution is 7.92. The Labute approximate surface area is 121 Å². The minimum absolute atomic E-state index is 0.111. The first-order valence-electron chi connectivity index (χ1n) is 5.80. The molecule has 2 aromatic heterocycles. The fourth-order valence-corrected chi connectivity index (χ4v) is 2.62. The highest BCUT2D eigenvalue weighted by Crippen LogP contribution is 2.20. The third kappa shape index (κ3) is 3.35. The smallest absolute Gasteiger partial charge is 0.283 e. The van der Waals surface area contributed by atoms with Gasteiger partial charge < -0.3 is 10.2 Å². The van der Waals surface area contributed by atoms with Crippen LogP contribution in [-0.2, 0) is 10.0 Å². The number of nitrogens with one attached hydrogen (secondary N) is 2. The molecule has 0 unspecified atom stereocenters. The van der Waals surface area contributed by atoms with E-state index >= 15 is 0 Å². The Morgan fingerprint density at radius 1 is 1.33 bits per heavy atom. The zero-order valence-electron chi connectivity index (χ0n) is 11.4. The van der Waals surface area contributed by atoms with Crippen LogP contribution in [0.3, 0.4) is 0 Å². The molecule has 0 atom stereocenters. The minimum Gasteiger partial charge on any atom is -0.481 e. The first-order valence-corrected chi connectivity index (χ1v) is 7.28. The summed E-state index contributed by atoms with van der Waals surface area (Å²) in [6.45, 7) is 1.69. The lowest BCUT2D eigenvalue weighted by atomic mass is 10.4. The maximum Gasteiger partial charge on any atom is 0.283 e. The summed E-state index contributed by atoms with van der Waals surface area (Å²) in [5, 5.41) is -0.253. The Bertz CT molecular complexity index is 749. The summed E-state index contributed by atoms with van der Waals surface area (Å²) >= 11 is 0. The minimum atomic E-state index is -3.98. The van der Waals surface area contributed by atoms with Gasteiger partial charge in [-0.25, -0.2) is 14.7 Å². The van der Waals surface area contributed by atoms with Gasteiger partial charge in [0.15, 0.2) is 0 Å². The van der Waals surface area contributed by atoms with Crippen molar-refractivity contribution in [3.63, 3.8) is 0 Å². The van der Waals surface area contributed by atoms with E-state index in [-0.39, 0.29) is 22.5 Å². The van der Waals surface area contributed by atoms with E-state index in [0.717, 1.165) is 0 Å². The first kappa shape index (κ1) is 14.9. The van der Waals surface area contributed by atoms with Crippen LogP contribution in [0.4, 0.5) is 11.6 Å². The van der Waals surface area contributed by atoms with Crippen LogP contribution in [0.5, 0.6) is 5.88 Å². The molecule has 0 saturated heterocycles. The summed E-state index contributed by atoms with van der Waals surface area (Å²) in [7, 11) is -2.56. The van der Waals surface area contributed by atoms with Gasteiger partial charge >= 0.3 is 0 Å². The van der Waals surface area contributed by atoms with Crippen molar-refractivity contribution in [2.24, 2.45) is 5.84 Å². The third-order valence-corrected chi connectivity index (χ3v) is 3.73. The third-order valence-electron chi connectivity index (χ3n) is 2.45. The van der Waals surface area contributed by atoms with E-state index in [4.69, 9.17) is 10.6 Å². The molecule has 0 aliphatic carbocycles. The number of aryl methyl sites for hydroxylation is 1. The van der Waals surface area contributed by atoms with Crippen molar-refractivity contribution in [3.8, 4) is 5.88 Å².